The van der Waals surface area contributed by atoms with Gasteiger partial charge in [0.15, 0.2) is 5.96 Å². The van der Waals surface area contributed by atoms with Gasteiger partial charge in [-0.05, 0) is 51.2 Å². The maximum absolute atomic E-state index is 4.38. The van der Waals surface area contributed by atoms with Gasteiger partial charge in [-0.25, -0.2) is 0 Å². The first kappa shape index (κ1) is 21.1. The van der Waals surface area contributed by atoms with E-state index in [1.807, 2.05) is 7.05 Å². The highest BCUT2D eigenvalue weighted by Crippen LogP contribution is 2.13. The molecule has 2 aliphatic rings. The van der Waals surface area contributed by atoms with Crippen LogP contribution in [0.1, 0.15) is 30.4 Å². The summed E-state index contributed by atoms with van der Waals surface area (Å²) in [6.45, 7) is 8.65. The molecular formula is C22H38N6. The van der Waals surface area contributed by atoms with Gasteiger partial charge in [0.25, 0.3) is 0 Å². The number of hydrogen-bond donors (Lipinski definition) is 2. The van der Waals surface area contributed by atoms with Crippen LogP contribution in [0.2, 0.25) is 0 Å². The van der Waals surface area contributed by atoms with Crippen LogP contribution in [0.25, 0.3) is 0 Å². The second kappa shape index (κ2) is 10.8. The summed E-state index contributed by atoms with van der Waals surface area (Å²) in [6.07, 6.45) is 4.09. The van der Waals surface area contributed by atoms with Crippen molar-refractivity contribution in [1.29, 1.82) is 0 Å². The molecule has 28 heavy (non-hydrogen) atoms. The van der Waals surface area contributed by atoms with Crippen LogP contribution in [0.3, 0.4) is 0 Å². The molecule has 3 rings (SSSR count). The van der Waals surface area contributed by atoms with Gasteiger partial charge in [0.1, 0.15) is 0 Å². The third-order valence-corrected chi connectivity index (χ3v) is 6.05. The summed E-state index contributed by atoms with van der Waals surface area (Å²) in [4.78, 5) is 11.8. The lowest BCUT2D eigenvalue weighted by Crippen LogP contribution is -2.55. The number of likely N-dealkylation sites (N-methyl/N-ethyl adjacent to an activating group) is 2. The number of aliphatic imine (C=N–C) groups is 1. The predicted octanol–water partition coefficient (Wildman–Crippen LogP) is 1.58. The summed E-state index contributed by atoms with van der Waals surface area (Å²) >= 11 is 0. The number of hydrogen-bond acceptors (Lipinski definition) is 4. The highest BCUT2D eigenvalue weighted by molar-refractivity contribution is 5.79. The SMILES string of the molecule is CN=C(NCc1ccc(CN2CCCCC2)cc1)NCC1CN(C)CCN1C. The van der Waals surface area contributed by atoms with Crippen LogP contribution >= 0.6 is 0 Å². The van der Waals surface area contributed by atoms with Crippen molar-refractivity contribution in [3.63, 3.8) is 0 Å². The van der Waals surface area contributed by atoms with Crippen LogP contribution in [0.4, 0.5) is 0 Å². The molecule has 2 N–H and O–H groups in total. The summed E-state index contributed by atoms with van der Waals surface area (Å²) in [7, 11) is 6.25. The maximum atomic E-state index is 4.38. The van der Waals surface area contributed by atoms with Crippen LogP contribution in [-0.4, -0.2) is 87.1 Å². The predicted molar refractivity (Wildman–Crippen MR) is 118 cm³/mol. The van der Waals surface area contributed by atoms with Gasteiger partial charge in [0.2, 0.25) is 0 Å². The molecule has 0 aromatic heterocycles. The number of piperazine rings is 1. The van der Waals surface area contributed by atoms with Gasteiger partial charge >= 0.3 is 0 Å². The monoisotopic (exact) mass is 386 g/mol. The van der Waals surface area contributed by atoms with Crippen molar-refractivity contribution in [2.75, 3.05) is 60.4 Å². The molecule has 0 amide bonds. The molecule has 0 aliphatic carbocycles. The van der Waals surface area contributed by atoms with Crippen molar-refractivity contribution in [1.82, 2.24) is 25.3 Å². The van der Waals surface area contributed by atoms with Gasteiger partial charge in [-0.2, -0.15) is 0 Å². The quantitative estimate of drug-likeness (QED) is 0.574. The first-order chi connectivity index (χ1) is 13.6. The highest BCUT2D eigenvalue weighted by Gasteiger charge is 2.22. The summed E-state index contributed by atoms with van der Waals surface area (Å²) in [6, 6.07) is 9.54. The summed E-state index contributed by atoms with van der Waals surface area (Å²) in [5.41, 5.74) is 2.71. The Morgan fingerprint density at radius 1 is 0.964 bits per heavy atom. The molecule has 0 radical (unpaired) electrons. The average Bonchev–Trinajstić information content (AvgIpc) is 2.72. The second-order valence-electron chi connectivity index (χ2n) is 8.36. The molecule has 1 aromatic carbocycles. The number of likely N-dealkylation sites (tertiary alicyclic amines) is 1. The van der Waals surface area contributed by atoms with Crippen LogP contribution in [0.5, 0.6) is 0 Å². The van der Waals surface area contributed by atoms with Gasteiger partial charge < -0.3 is 15.5 Å². The van der Waals surface area contributed by atoms with Gasteiger partial charge in [-0.15, -0.1) is 0 Å². The highest BCUT2D eigenvalue weighted by atomic mass is 15.3. The van der Waals surface area contributed by atoms with E-state index in [-0.39, 0.29) is 0 Å². The molecule has 1 atom stereocenters. The second-order valence-corrected chi connectivity index (χ2v) is 8.36. The third-order valence-electron chi connectivity index (χ3n) is 6.05. The number of benzene rings is 1. The number of rotatable bonds is 6. The number of piperidine rings is 1. The molecule has 0 bridgehead atoms. The van der Waals surface area contributed by atoms with Crippen LogP contribution in [-0.2, 0) is 13.1 Å². The zero-order valence-corrected chi connectivity index (χ0v) is 18.0. The van der Waals surface area contributed by atoms with E-state index in [0.717, 1.165) is 45.2 Å². The fourth-order valence-electron chi connectivity index (χ4n) is 4.08. The van der Waals surface area contributed by atoms with E-state index in [1.54, 1.807) is 0 Å². The van der Waals surface area contributed by atoms with Crippen LogP contribution < -0.4 is 10.6 Å². The fraction of sp³-hybridized carbons (Fsp3) is 0.682. The Hall–Kier alpha value is -1.63. The maximum Gasteiger partial charge on any atom is 0.191 e. The van der Waals surface area contributed by atoms with Crippen molar-refractivity contribution in [3.8, 4) is 0 Å². The normalized spacial score (nSPS) is 23.0. The minimum atomic E-state index is 0.520. The smallest absolute Gasteiger partial charge is 0.191 e. The molecule has 2 fully saturated rings. The molecule has 6 heteroatoms. The van der Waals surface area contributed by atoms with E-state index in [2.05, 4.69) is 68.7 Å². The lowest BCUT2D eigenvalue weighted by Gasteiger charge is -2.37. The van der Waals surface area contributed by atoms with E-state index in [1.165, 1.54) is 43.5 Å². The van der Waals surface area contributed by atoms with Crippen molar-refractivity contribution in [3.05, 3.63) is 35.4 Å². The van der Waals surface area contributed by atoms with Gasteiger partial charge in [0, 0.05) is 52.4 Å². The minimum absolute atomic E-state index is 0.520. The van der Waals surface area contributed by atoms with Gasteiger partial charge in [-0.1, -0.05) is 30.7 Å². The number of nitrogens with one attached hydrogen (secondary N) is 2. The fourth-order valence-corrected chi connectivity index (χ4v) is 4.08. The van der Waals surface area contributed by atoms with Crippen LogP contribution in [0.15, 0.2) is 29.3 Å². The van der Waals surface area contributed by atoms with E-state index < -0.39 is 0 Å². The summed E-state index contributed by atoms with van der Waals surface area (Å²) in [5, 5.41) is 6.94. The Kier molecular flexibility index (Phi) is 8.13. The van der Waals surface area contributed by atoms with Gasteiger partial charge in [-0.3, -0.25) is 14.8 Å². The summed E-state index contributed by atoms with van der Waals surface area (Å²) < 4.78 is 0. The van der Waals surface area contributed by atoms with Crippen molar-refractivity contribution >= 4 is 5.96 Å². The first-order valence-electron chi connectivity index (χ1n) is 10.8. The van der Waals surface area contributed by atoms with E-state index in [9.17, 15) is 0 Å². The Labute approximate surface area is 171 Å². The molecule has 1 aromatic rings. The largest absolute Gasteiger partial charge is 0.355 e. The van der Waals surface area contributed by atoms with Crippen LogP contribution in [0, 0.1) is 0 Å². The van der Waals surface area contributed by atoms with E-state index >= 15 is 0 Å². The van der Waals surface area contributed by atoms with Crippen molar-refractivity contribution in [2.45, 2.75) is 38.4 Å². The standard InChI is InChI=1S/C22H38N6/c1-23-22(25-16-21-18-26(2)13-14-27(21)3)24-15-19-7-9-20(10-8-19)17-28-11-5-4-6-12-28/h7-10,21H,4-6,11-18H2,1-3H3,(H2,23,24,25). The third kappa shape index (κ3) is 6.47. The molecule has 2 aliphatic heterocycles. The van der Waals surface area contributed by atoms with Crippen molar-refractivity contribution < 1.29 is 0 Å². The topological polar surface area (TPSA) is 46.1 Å². The Morgan fingerprint density at radius 2 is 1.68 bits per heavy atom. The first-order valence-corrected chi connectivity index (χ1v) is 10.8. The zero-order chi connectivity index (χ0) is 19.8. The molecule has 2 heterocycles. The Morgan fingerprint density at radius 3 is 2.39 bits per heavy atom. The molecule has 0 spiro atoms. The molecule has 0 saturated carbocycles. The minimum Gasteiger partial charge on any atom is -0.355 e. The molecule has 2 saturated heterocycles. The average molecular weight is 387 g/mol. The zero-order valence-electron chi connectivity index (χ0n) is 18.0. The molecular weight excluding hydrogens is 348 g/mol. The van der Waals surface area contributed by atoms with E-state index in [4.69, 9.17) is 0 Å². The van der Waals surface area contributed by atoms with Gasteiger partial charge in [0.05, 0.1) is 0 Å². The number of guanidine groups is 1. The molecule has 156 valence electrons. The lowest BCUT2D eigenvalue weighted by atomic mass is 10.1. The van der Waals surface area contributed by atoms with E-state index in [0.29, 0.717) is 6.04 Å². The molecule has 6 nitrogen and oxygen atoms in total. The lowest BCUT2D eigenvalue weighted by molar-refractivity contribution is 0.116. The molecule has 1 unspecified atom stereocenters. The summed E-state index contributed by atoms with van der Waals surface area (Å²) in [5.74, 6) is 0.874. The Balaban J connectivity index is 1.41. The van der Waals surface area contributed by atoms with Crippen molar-refractivity contribution in [2.24, 2.45) is 4.99 Å². The Bertz CT molecular complexity index is 608. The number of nitrogens with zero attached hydrogens (tertiary/aromatic N) is 4.